The molecule has 21 heavy (non-hydrogen) atoms. The minimum Gasteiger partial charge on any atom is -0.494 e. The molecule has 0 aromatic heterocycles. The molecule has 0 heterocycles. The molecule has 0 saturated heterocycles. The van der Waals surface area contributed by atoms with Gasteiger partial charge in [-0.3, -0.25) is 10.2 Å². The van der Waals surface area contributed by atoms with Gasteiger partial charge in [0.25, 0.3) is 0 Å². The van der Waals surface area contributed by atoms with Gasteiger partial charge in [-0.15, -0.1) is 0 Å². The van der Waals surface area contributed by atoms with Gasteiger partial charge in [0.05, 0.1) is 35.8 Å². The lowest BCUT2D eigenvalue weighted by Crippen LogP contribution is -2.10. The van der Waals surface area contributed by atoms with Crippen molar-refractivity contribution in [2.75, 3.05) is 13.2 Å². The van der Waals surface area contributed by atoms with E-state index in [0.717, 1.165) is 0 Å². The van der Waals surface area contributed by atoms with E-state index in [1.165, 1.54) is 0 Å². The van der Waals surface area contributed by atoms with Crippen molar-refractivity contribution in [3.63, 3.8) is 0 Å². The number of halogens is 1. The third-order valence-electron chi connectivity index (χ3n) is 2.26. The van der Waals surface area contributed by atoms with Crippen molar-refractivity contribution in [1.29, 1.82) is 10.7 Å². The number of nitrogen functional groups attached to an aromatic ring is 1. The van der Waals surface area contributed by atoms with Crippen LogP contribution in [0.25, 0.3) is 0 Å². The number of rotatable bonds is 7. The van der Waals surface area contributed by atoms with Crippen LogP contribution in [-0.2, 0) is 9.53 Å². The number of carbonyl (C=O) groups is 1. The van der Waals surface area contributed by atoms with Crippen LogP contribution in [0.15, 0.2) is 24.3 Å². The molecule has 0 amide bonds. The summed E-state index contributed by atoms with van der Waals surface area (Å²) in [4.78, 5) is 11.1. The van der Waals surface area contributed by atoms with Gasteiger partial charge in [-0.25, -0.2) is 0 Å². The van der Waals surface area contributed by atoms with Crippen molar-refractivity contribution in [3.05, 3.63) is 29.8 Å². The Hall–Kier alpha value is -1.82. The number of nitrogens with one attached hydrogen (secondary N) is 1. The monoisotopic (exact) mass is 403 g/mol. The zero-order valence-electron chi connectivity index (χ0n) is 11.8. The number of benzene rings is 1. The summed E-state index contributed by atoms with van der Waals surface area (Å²) in [6, 6.07) is 6.95. The quantitative estimate of drug-likeness (QED) is 0.239. The second kappa shape index (κ2) is 12.0. The molecule has 0 aliphatic heterocycles. The van der Waals surface area contributed by atoms with E-state index < -0.39 is 0 Å². The van der Waals surface area contributed by atoms with Crippen LogP contribution in [0.4, 0.5) is 0 Å². The first-order valence-corrected chi connectivity index (χ1v) is 7.35. The third kappa shape index (κ3) is 9.67. The van der Waals surface area contributed by atoms with E-state index >= 15 is 0 Å². The van der Waals surface area contributed by atoms with E-state index in [1.807, 2.05) is 0 Å². The van der Waals surface area contributed by atoms with Gasteiger partial charge in [-0.05, 0) is 37.6 Å². The van der Waals surface area contributed by atoms with Crippen molar-refractivity contribution >= 4 is 34.4 Å². The van der Waals surface area contributed by atoms with Gasteiger partial charge in [-0.1, -0.05) is 0 Å². The van der Waals surface area contributed by atoms with Crippen molar-refractivity contribution in [3.8, 4) is 9.83 Å². The maximum Gasteiger partial charge on any atom is 0.305 e. The van der Waals surface area contributed by atoms with Gasteiger partial charge in [0.15, 0.2) is 0 Å². The zero-order chi connectivity index (χ0) is 16.1. The van der Waals surface area contributed by atoms with Crippen LogP contribution in [0.3, 0.4) is 0 Å². The summed E-state index contributed by atoms with van der Waals surface area (Å²) in [5.74, 6) is 0.528. The minimum atomic E-state index is -0.201. The molecule has 0 fully saturated rings. The fourth-order valence-electron chi connectivity index (χ4n) is 1.37. The number of nitrogens with zero attached hydrogens (tertiary/aromatic N) is 1. The summed E-state index contributed by atoms with van der Waals surface area (Å²) >= 11 is 1.59. The Morgan fingerprint density at radius 1 is 1.43 bits per heavy atom. The minimum absolute atomic E-state index is 0.0314. The second-order valence-electron chi connectivity index (χ2n) is 3.78. The van der Waals surface area contributed by atoms with E-state index in [2.05, 4.69) is 0 Å². The normalized spacial score (nSPS) is 8.81. The van der Waals surface area contributed by atoms with Crippen molar-refractivity contribution in [2.24, 2.45) is 5.73 Å². The van der Waals surface area contributed by atoms with E-state index in [1.54, 1.807) is 57.9 Å². The Morgan fingerprint density at radius 2 is 2.00 bits per heavy atom. The Morgan fingerprint density at radius 3 is 2.48 bits per heavy atom. The zero-order valence-corrected chi connectivity index (χ0v) is 13.9. The van der Waals surface area contributed by atoms with Gasteiger partial charge in [-0.2, -0.15) is 5.26 Å². The summed E-state index contributed by atoms with van der Waals surface area (Å²) in [7, 11) is 0. The predicted octanol–water partition coefficient (Wildman–Crippen LogP) is 2.60. The molecule has 0 radical (unpaired) electrons. The number of amidine groups is 1. The SMILES string of the molecule is CCOC(=O)CCCOc1ccc(C(=N)N)cc1.N#CI. The summed E-state index contributed by atoms with van der Waals surface area (Å²) in [5.41, 5.74) is 6.00. The molecule has 7 heteroatoms. The lowest BCUT2D eigenvalue weighted by atomic mass is 10.2. The summed E-state index contributed by atoms with van der Waals surface area (Å²) in [6.07, 6.45) is 0.979. The lowest BCUT2D eigenvalue weighted by Gasteiger charge is -2.06. The van der Waals surface area contributed by atoms with Crippen molar-refractivity contribution < 1.29 is 14.3 Å². The van der Waals surface area contributed by atoms with Gasteiger partial charge >= 0.3 is 5.97 Å². The number of esters is 1. The molecule has 0 unspecified atom stereocenters. The summed E-state index contributed by atoms with van der Waals surface area (Å²) < 4.78 is 12.0. The number of carbonyl (C=O) groups excluding carboxylic acids is 1. The number of hydrogen-bond donors (Lipinski definition) is 2. The highest BCUT2D eigenvalue weighted by Gasteiger charge is 2.02. The number of nitrogens with two attached hydrogens (primary N) is 1. The first kappa shape index (κ1) is 19.2. The highest BCUT2D eigenvalue weighted by atomic mass is 127. The Labute approximate surface area is 137 Å². The Bertz CT molecular complexity index is 483. The standard InChI is InChI=1S/C13H18N2O3.CIN/c1-2-17-12(16)4-3-9-18-11-7-5-10(6-8-11)13(14)15;2-1-3/h5-8H,2-4,9H2,1H3,(H3,14,15);. The molecule has 0 aliphatic carbocycles. The molecule has 3 N–H and O–H groups in total. The number of hydrogen-bond acceptors (Lipinski definition) is 5. The Kier molecular flexibility index (Phi) is 10.9. The second-order valence-corrected chi connectivity index (χ2v) is 4.26. The van der Waals surface area contributed by atoms with E-state index in [-0.39, 0.29) is 11.8 Å². The largest absolute Gasteiger partial charge is 0.494 e. The van der Waals surface area contributed by atoms with Crippen molar-refractivity contribution in [1.82, 2.24) is 0 Å². The highest BCUT2D eigenvalue weighted by Crippen LogP contribution is 2.12. The van der Waals surface area contributed by atoms with E-state index in [9.17, 15) is 4.79 Å². The Balaban J connectivity index is 0.00000122. The van der Waals surface area contributed by atoms with Crippen LogP contribution in [0.5, 0.6) is 5.75 Å². The molecule has 0 bridgehead atoms. The average molecular weight is 403 g/mol. The average Bonchev–Trinajstić information content (AvgIpc) is 2.45. The van der Waals surface area contributed by atoms with Gasteiger partial charge in [0.1, 0.15) is 15.7 Å². The van der Waals surface area contributed by atoms with Crippen LogP contribution in [-0.4, -0.2) is 25.0 Å². The van der Waals surface area contributed by atoms with Crippen LogP contribution in [0.1, 0.15) is 25.3 Å². The summed E-state index contributed by atoms with van der Waals surface area (Å²) in [6.45, 7) is 2.65. The molecule has 1 aromatic rings. The first-order valence-electron chi connectivity index (χ1n) is 6.27. The predicted molar refractivity (Wildman–Crippen MR) is 88.5 cm³/mol. The summed E-state index contributed by atoms with van der Waals surface area (Å²) in [5, 5.41) is 14.6. The topological polar surface area (TPSA) is 109 Å². The highest BCUT2D eigenvalue weighted by molar-refractivity contribution is 14.1. The molecule has 114 valence electrons. The molecular formula is C14H18IN3O3. The molecule has 6 nitrogen and oxygen atoms in total. The van der Waals surface area contributed by atoms with Gasteiger partial charge in [0.2, 0.25) is 0 Å². The van der Waals surface area contributed by atoms with Crippen LogP contribution in [0.2, 0.25) is 0 Å². The molecular weight excluding hydrogens is 385 g/mol. The molecule has 1 aromatic carbocycles. The van der Waals surface area contributed by atoms with E-state index in [4.69, 9.17) is 25.9 Å². The fourth-order valence-corrected chi connectivity index (χ4v) is 1.37. The van der Waals surface area contributed by atoms with Crippen molar-refractivity contribution in [2.45, 2.75) is 19.8 Å². The molecule has 0 atom stereocenters. The maximum absolute atomic E-state index is 11.1. The van der Waals surface area contributed by atoms with Crippen LogP contribution < -0.4 is 10.5 Å². The van der Waals surface area contributed by atoms with Crippen LogP contribution in [0, 0.1) is 14.7 Å². The molecule has 0 aliphatic rings. The van der Waals surface area contributed by atoms with Crippen LogP contribution >= 0.6 is 22.6 Å². The molecule has 0 saturated carbocycles. The smallest absolute Gasteiger partial charge is 0.305 e. The third-order valence-corrected chi connectivity index (χ3v) is 2.26. The van der Waals surface area contributed by atoms with Gasteiger partial charge < -0.3 is 15.2 Å². The van der Waals surface area contributed by atoms with E-state index in [0.29, 0.717) is 37.4 Å². The first-order chi connectivity index (χ1) is 10.0. The number of nitriles is 1. The molecule has 0 spiro atoms. The lowest BCUT2D eigenvalue weighted by molar-refractivity contribution is -0.143. The van der Waals surface area contributed by atoms with Gasteiger partial charge in [0, 0.05) is 12.0 Å². The maximum atomic E-state index is 11.1. The number of ether oxygens (including phenoxy) is 2. The fraction of sp³-hybridized carbons (Fsp3) is 0.357. The molecule has 1 rings (SSSR count).